The molecule has 1 unspecified atom stereocenters. The van der Waals surface area contributed by atoms with Gasteiger partial charge in [-0.2, -0.15) is 0 Å². The molecule has 3 aromatic carbocycles. The number of para-hydroxylation sites is 1. The van der Waals surface area contributed by atoms with Crippen molar-refractivity contribution in [1.29, 1.82) is 0 Å². The molecule has 0 radical (unpaired) electrons. The molecule has 1 N–H and O–H groups in total. The normalized spacial score (nSPS) is 17.6. The molecule has 0 saturated carbocycles. The second-order valence-corrected chi connectivity index (χ2v) is 8.16. The topological polar surface area (TPSA) is 66.3 Å². The van der Waals surface area contributed by atoms with Gasteiger partial charge in [0.25, 0.3) is 5.91 Å². The maximum absolute atomic E-state index is 13.1. The van der Waals surface area contributed by atoms with Crippen LogP contribution in [-0.4, -0.2) is 28.9 Å². The predicted molar refractivity (Wildman–Crippen MR) is 119 cm³/mol. The molecule has 1 atom stereocenters. The van der Waals surface area contributed by atoms with Crippen molar-refractivity contribution in [2.45, 2.75) is 13.1 Å². The number of hydrazone groups is 1. The van der Waals surface area contributed by atoms with Crippen LogP contribution in [0.2, 0.25) is 0 Å². The fourth-order valence-corrected chi connectivity index (χ4v) is 4.51. The average Bonchev–Trinajstić information content (AvgIpc) is 2.78. The Morgan fingerprint density at radius 3 is 2.63 bits per heavy atom. The molecular weight excluding hydrogens is 396 g/mol. The summed E-state index contributed by atoms with van der Waals surface area (Å²) in [5.74, 6) is 1.45. The molecule has 1 amide bonds. The zero-order valence-electron chi connectivity index (χ0n) is 16.6. The van der Waals surface area contributed by atoms with Gasteiger partial charge in [-0.25, -0.2) is 5.01 Å². The summed E-state index contributed by atoms with van der Waals surface area (Å²) in [6.07, 6.45) is -0.454. The van der Waals surface area contributed by atoms with E-state index in [1.165, 1.54) is 11.8 Å². The molecular formula is C23H20N4O2S. The van der Waals surface area contributed by atoms with Crippen molar-refractivity contribution >= 4 is 39.3 Å². The third-order valence-electron chi connectivity index (χ3n) is 5.21. The van der Waals surface area contributed by atoms with Gasteiger partial charge in [-0.3, -0.25) is 15.1 Å². The predicted octanol–water partition coefficient (Wildman–Crippen LogP) is 2.74. The SMILES string of the molecule is CCSC1=NN2C(=c3ccccc3=NC2c2ccc(OC)c3ccccc23)C(=O)N1. The summed E-state index contributed by atoms with van der Waals surface area (Å²) in [5.41, 5.74) is 1.49. The number of amidine groups is 1. The monoisotopic (exact) mass is 416 g/mol. The number of rotatable bonds is 3. The lowest BCUT2D eigenvalue weighted by molar-refractivity contribution is -0.116. The highest BCUT2D eigenvalue weighted by atomic mass is 32.2. The first kappa shape index (κ1) is 18.7. The van der Waals surface area contributed by atoms with E-state index in [4.69, 9.17) is 14.8 Å². The van der Waals surface area contributed by atoms with E-state index in [0.29, 0.717) is 10.9 Å². The van der Waals surface area contributed by atoms with Gasteiger partial charge in [0, 0.05) is 16.2 Å². The van der Waals surface area contributed by atoms with Crippen LogP contribution < -0.4 is 20.6 Å². The number of nitrogens with one attached hydrogen (secondary N) is 1. The van der Waals surface area contributed by atoms with Gasteiger partial charge in [0.05, 0.1) is 12.5 Å². The van der Waals surface area contributed by atoms with Gasteiger partial charge in [0.1, 0.15) is 11.4 Å². The lowest BCUT2D eigenvalue weighted by Gasteiger charge is -2.34. The number of hydrogen-bond acceptors (Lipinski definition) is 6. The zero-order valence-corrected chi connectivity index (χ0v) is 17.4. The molecule has 3 aromatic rings. The van der Waals surface area contributed by atoms with E-state index in [1.54, 1.807) is 12.1 Å². The first-order valence-electron chi connectivity index (χ1n) is 9.76. The highest BCUT2D eigenvalue weighted by molar-refractivity contribution is 8.13. The van der Waals surface area contributed by atoms with Crippen molar-refractivity contribution in [2.24, 2.45) is 10.1 Å². The molecule has 0 spiro atoms. The number of thioether (sulfide) groups is 1. The fourth-order valence-electron chi connectivity index (χ4n) is 3.93. The van der Waals surface area contributed by atoms with E-state index in [0.717, 1.165) is 38.4 Å². The van der Waals surface area contributed by atoms with Gasteiger partial charge >= 0.3 is 0 Å². The maximum Gasteiger partial charge on any atom is 0.276 e. The number of amides is 1. The quantitative estimate of drug-likeness (QED) is 0.713. The van der Waals surface area contributed by atoms with Gasteiger partial charge in [-0.05, 0) is 23.3 Å². The van der Waals surface area contributed by atoms with Gasteiger partial charge < -0.3 is 4.74 Å². The molecule has 7 heteroatoms. The summed E-state index contributed by atoms with van der Waals surface area (Å²) in [7, 11) is 1.67. The van der Waals surface area contributed by atoms with Crippen molar-refractivity contribution < 1.29 is 9.53 Å². The van der Waals surface area contributed by atoms with E-state index >= 15 is 0 Å². The Bertz CT molecular complexity index is 1320. The number of methoxy groups -OCH3 is 1. The number of hydrogen-bond donors (Lipinski definition) is 1. The number of fused-ring (bicyclic) bond motifs is 3. The van der Waals surface area contributed by atoms with Crippen molar-refractivity contribution in [3.05, 3.63) is 76.8 Å². The maximum atomic E-state index is 13.1. The molecule has 0 bridgehead atoms. The van der Waals surface area contributed by atoms with Crippen LogP contribution in [-0.2, 0) is 4.79 Å². The van der Waals surface area contributed by atoms with Gasteiger partial charge in [-0.15, -0.1) is 5.10 Å². The molecule has 2 heterocycles. The second kappa shape index (κ2) is 7.50. The Hall–Kier alpha value is -3.32. The van der Waals surface area contributed by atoms with Crippen LogP contribution in [0.25, 0.3) is 16.5 Å². The number of ether oxygens (including phenoxy) is 1. The number of carbonyl (C=O) groups is 1. The summed E-state index contributed by atoms with van der Waals surface area (Å²) in [6.45, 7) is 2.03. The molecule has 0 aliphatic carbocycles. The van der Waals surface area contributed by atoms with Crippen LogP contribution in [0.4, 0.5) is 0 Å². The van der Waals surface area contributed by atoms with E-state index in [1.807, 2.05) is 61.5 Å². The van der Waals surface area contributed by atoms with Crippen LogP contribution in [0.1, 0.15) is 18.7 Å². The summed E-state index contributed by atoms with van der Waals surface area (Å²) in [4.78, 5) is 18.1. The van der Waals surface area contributed by atoms with Gasteiger partial charge in [0.2, 0.25) is 0 Å². The first-order chi connectivity index (χ1) is 14.7. The molecule has 2 aliphatic heterocycles. The molecule has 2 aliphatic rings. The molecule has 30 heavy (non-hydrogen) atoms. The van der Waals surface area contributed by atoms with Gasteiger partial charge in [0.15, 0.2) is 11.3 Å². The Kier molecular flexibility index (Phi) is 4.67. The van der Waals surface area contributed by atoms with Crippen LogP contribution in [0.3, 0.4) is 0 Å². The Morgan fingerprint density at radius 2 is 1.83 bits per heavy atom. The van der Waals surface area contributed by atoms with Crippen molar-refractivity contribution in [3.63, 3.8) is 0 Å². The molecule has 0 fully saturated rings. The fraction of sp³-hybridized carbons (Fsp3) is 0.174. The highest BCUT2D eigenvalue weighted by Gasteiger charge is 2.35. The van der Waals surface area contributed by atoms with Crippen LogP contribution in [0, 0.1) is 0 Å². The van der Waals surface area contributed by atoms with E-state index in [9.17, 15) is 4.79 Å². The Labute approximate surface area is 177 Å². The third kappa shape index (κ3) is 2.93. The second-order valence-electron chi connectivity index (χ2n) is 6.91. The van der Waals surface area contributed by atoms with Crippen molar-refractivity contribution in [3.8, 4) is 5.75 Å². The Morgan fingerprint density at radius 1 is 1.07 bits per heavy atom. The molecule has 0 saturated heterocycles. The summed E-state index contributed by atoms with van der Waals surface area (Å²) in [5, 5.41) is 13.6. The summed E-state index contributed by atoms with van der Waals surface area (Å²) >= 11 is 1.50. The van der Waals surface area contributed by atoms with Gasteiger partial charge in [-0.1, -0.05) is 67.2 Å². The number of benzene rings is 3. The molecule has 6 nitrogen and oxygen atoms in total. The smallest absolute Gasteiger partial charge is 0.276 e. The zero-order chi connectivity index (χ0) is 20.7. The van der Waals surface area contributed by atoms with Crippen LogP contribution in [0.5, 0.6) is 5.75 Å². The molecule has 150 valence electrons. The largest absolute Gasteiger partial charge is 0.496 e. The van der Waals surface area contributed by atoms with E-state index < -0.39 is 6.17 Å². The van der Waals surface area contributed by atoms with Crippen LogP contribution in [0.15, 0.2) is 70.8 Å². The molecule has 0 aromatic heterocycles. The Balaban J connectivity index is 1.79. The molecule has 5 rings (SSSR count). The lowest BCUT2D eigenvalue weighted by Crippen LogP contribution is -2.50. The van der Waals surface area contributed by atoms with Crippen LogP contribution >= 0.6 is 11.8 Å². The first-order valence-corrected chi connectivity index (χ1v) is 10.7. The van der Waals surface area contributed by atoms with E-state index in [2.05, 4.69) is 11.4 Å². The third-order valence-corrected chi connectivity index (χ3v) is 5.96. The van der Waals surface area contributed by atoms with Crippen molar-refractivity contribution in [2.75, 3.05) is 12.9 Å². The van der Waals surface area contributed by atoms with E-state index in [-0.39, 0.29) is 5.91 Å². The highest BCUT2D eigenvalue weighted by Crippen LogP contribution is 2.37. The summed E-state index contributed by atoms with van der Waals surface area (Å²) < 4.78 is 5.55. The minimum absolute atomic E-state index is 0.161. The number of nitrogens with zero attached hydrogens (tertiary/aromatic N) is 3. The lowest BCUT2D eigenvalue weighted by atomic mass is 10.00. The minimum atomic E-state index is -0.454. The minimum Gasteiger partial charge on any atom is -0.496 e. The van der Waals surface area contributed by atoms with Crippen molar-refractivity contribution in [1.82, 2.24) is 10.3 Å². The number of carbonyl (C=O) groups excluding carboxylic acids is 1. The standard InChI is InChI=1S/C23H20N4O2S/c1-3-30-23-25-22(28)20-17-10-6-7-11-18(17)24-21(27(20)26-23)16-12-13-19(29-2)15-9-5-4-8-14(15)16/h4-13,21H,3H2,1-2H3,(H,25,26,28). The average molecular weight is 417 g/mol. The summed E-state index contributed by atoms with van der Waals surface area (Å²) in [6, 6.07) is 19.7.